The molecular weight excluding hydrogens is 224 g/mol. The van der Waals surface area contributed by atoms with Crippen LogP contribution in [0.2, 0.25) is 0 Å². The molecule has 96 valence electrons. The topological polar surface area (TPSA) is 48.0 Å². The third kappa shape index (κ3) is 2.46. The van der Waals surface area contributed by atoms with Crippen molar-refractivity contribution >= 4 is 10.9 Å². The summed E-state index contributed by atoms with van der Waals surface area (Å²) < 4.78 is 1.87. The highest BCUT2D eigenvalue weighted by Crippen LogP contribution is 2.14. The number of para-hydroxylation sites is 1. The van der Waals surface area contributed by atoms with Crippen LogP contribution in [-0.4, -0.2) is 4.57 Å². The van der Waals surface area contributed by atoms with E-state index >= 15 is 0 Å². The van der Waals surface area contributed by atoms with Crippen molar-refractivity contribution < 1.29 is 0 Å². The second kappa shape index (κ2) is 5.83. The van der Waals surface area contributed by atoms with Crippen molar-refractivity contribution in [2.24, 2.45) is 5.73 Å². The van der Waals surface area contributed by atoms with Crippen LogP contribution < -0.4 is 11.3 Å². The van der Waals surface area contributed by atoms with Crippen LogP contribution in [0, 0.1) is 0 Å². The fourth-order valence-electron chi connectivity index (χ4n) is 2.28. The maximum Gasteiger partial charge on any atom is 0.255 e. The number of nitrogens with two attached hydrogens (primary N) is 1. The van der Waals surface area contributed by atoms with Gasteiger partial charge in [0, 0.05) is 18.7 Å². The van der Waals surface area contributed by atoms with Crippen LogP contribution in [0.5, 0.6) is 0 Å². The molecule has 0 radical (unpaired) electrons. The molecule has 0 aliphatic heterocycles. The first kappa shape index (κ1) is 12.8. The molecule has 0 amide bonds. The number of nitrogens with zero attached hydrogens (tertiary/aromatic N) is 1. The molecule has 2 aromatic rings. The number of aromatic nitrogens is 1. The Bertz CT molecular complexity index is 587. The molecule has 18 heavy (non-hydrogen) atoms. The van der Waals surface area contributed by atoms with Crippen molar-refractivity contribution in [3.05, 3.63) is 46.2 Å². The second-order valence-corrected chi connectivity index (χ2v) is 4.60. The van der Waals surface area contributed by atoms with Crippen molar-refractivity contribution in [2.45, 2.75) is 39.3 Å². The Labute approximate surface area is 107 Å². The highest BCUT2D eigenvalue weighted by atomic mass is 16.1. The third-order valence-electron chi connectivity index (χ3n) is 3.28. The molecule has 0 spiro atoms. The zero-order valence-corrected chi connectivity index (χ0v) is 10.9. The Morgan fingerprint density at radius 2 is 2.00 bits per heavy atom. The summed E-state index contributed by atoms with van der Waals surface area (Å²) in [6.45, 7) is 3.25. The standard InChI is InChI=1S/C15H20N2O/c1-2-3-6-9-17-14-8-5-4-7-12(14)10-13(11-16)15(17)18/h4-5,7-8,10H,2-3,6,9,11,16H2,1H3. The molecule has 0 bridgehead atoms. The van der Waals surface area contributed by atoms with Gasteiger partial charge in [-0.25, -0.2) is 0 Å². The van der Waals surface area contributed by atoms with Gasteiger partial charge < -0.3 is 10.3 Å². The molecule has 0 atom stereocenters. The van der Waals surface area contributed by atoms with Gasteiger partial charge in [-0.05, 0) is 23.9 Å². The lowest BCUT2D eigenvalue weighted by atomic mass is 10.1. The Balaban J connectivity index is 2.52. The minimum absolute atomic E-state index is 0.0623. The van der Waals surface area contributed by atoms with Crippen LogP contribution >= 0.6 is 0 Å². The van der Waals surface area contributed by atoms with Gasteiger partial charge >= 0.3 is 0 Å². The van der Waals surface area contributed by atoms with Gasteiger partial charge in [0.2, 0.25) is 0 Å². The zero-order chi connectivity index (χ0) is 13.0. The van der Waals surface area contributed by atoms with E-state index in [0.717, 1.165) is 36.7 Å². The quantitative estimate of drug-likeness (QED) is 0.822. The molecule has 1 aromatic heterocycles. The number of pyridine rings is 1. The van der Waals surface area contributed by atoms with E-state index in [4.69, 9.17) is 5.73 Å². The van der Waals surface area contributed by atoms with Gasteiger partial charge in [0.05, 0.1) is 5.52 Å². The molecule has 1 aromatic carbocycles. The summed E-state index contributed by atoms with van der Waals surface area (Å²) in [7, 11) is 0. The van der Waals surface area contributed by atoms with E-state index in [1.807, 2.05) is 34.9 Å². The summed E-state index contributed by atoms with van der Waals surface area (Å²) in [4.78, 5) is 12.3. The predicted octanol–water partition coefficient (Wildman–Crippen LogP) is 2.65. The lowest BCUT2D eigenvalue weighted by molar-refractivity contribution is 0.599. The van der Waals surface area contributed by atoms with Crippen molar-refractivity contribution in [3.8, 4) is 0 Å². The van der Waals surface area contributed by atoms with E-state index < -0.39 is 0 Å². The highest BCUT2D eigenvalue weighted by molar-refractivity contribution is 5.79. The normalized spacial score (nSPS) is 11.0. The van der Waals surface area contributed by atoms with Gasteiger partial charge in [-0.3, -0.25) is 4.79 Å². The van der Waals surface area contributed by atoms with Crippen LogP contribution in [0.4, 0.5) is 0 Å². The number of unbranched alkanes of at least 4 members (excludes halogenated alkanes) is 2. The Kier molecular flexibility index (Phi) is 4.15. The largest absolute Gasteiger partial charge is 0.326 e. The molecule has 0 unspecified atom stereocenters. The van der Waals surface area contributed by atoms with Crippen molar-refractivity contribution in [1.82, 2.24) is 4.57 Å². The Morgan fingerprint density at radius 3 is 2.72 bits per heavy atom. The van der Waals surface area contributed by atoms with Crippen molar-refractivity contribution in [3.63, 3.8) is 0 Å². The summed E-state index contributed by atoms with van der Waals surface area (Å²) in [6, 6.07) is 9.91. The minimum Gasteiger partial charge on any atom is -0.326 e. The fourth-order valence-corrected chi connectivity index (χ4v) is 2.28. The molecule has 3 nitrogen and oxygen atoms in total. The first-order valence-electron chi connectivity index (χ1n) is 6.59. The molecule has 0 fully saturated rings. The number of rotatable bonds is 5. The molecule has 0 saturated carbocycles. The average molecular weight is 244 g/mol. The monoisotopic (exact) mass is 244 g/mol. The molecule has 0 aliphatic rings. The predicted molar refractivity (Wildman–Crippen MR) is 75.6 cm³/mol. The molecule has 1 heterocycles. The van der Waals surface area contributed by atoms with E-state index in [1.54, 1.807) is 0 Å². The van der Waals surface area contributed by atoms with E-state index in [9.17, 15) is 4.79 Å². The molecular formula is C15H20N2O. The van der Waals surface area contributed by atoms with Crippen LogP contribution in [0.3, 0.4) is 0 Å². The smallest absolute Gasteiger partial charge is 0.255 e. The summed E-state index contributed by atoms with van der Waals surface area (Å²) in [5.41, 5.74) is 7.42. The van der Waals surface area contributed by atoms with Crippen LogP contribution in [-0.2, 0) is 13.1 Å². The van der Waals surface area contributed by atoms with E-state index in [1.165, 1.54) is 0 Å². The lowest BCUT2D eigenvalue weighted by Crippen LogP contribution is -2.25. The summed E-state index contributed by atoms with van der Waals surface area (Å²) in [5, 5.41) is 1.09. The highest BCUT2D eigenvalue weighted by Gasteiger charge is 2.07. The zero-order valence-electron chi connectivity index (χ0n) is 10.9. The summed E-state index contributed by atoms with van der Waals surface area (Å²) in [5.74, 6) is 0. The molecule has 0 saturated heterocycles. The maximum absolute atomic E-state index is 12.3. The van der Waals surface area contributed by atoms with Gasteiger partial charge in [0.1, 0.15) is 0 Å². The summed E-state index contributed by atoms with van der Waals surface area (Å²) in [6.07, 6.45) is 3.34. The van der Waals surface area contributed by atoms with Crippen molar-refractivity contribution in [1.29, 1.82) is 0 Å². The molecule has 2 N–H and O–H groups in total. The van der Waals surface area contributed by atoms with Crippen molar-refractivity contribution in [2.75, 3.05) is 0 Å². The lowest BCUT2D eigenvalue weighted by Gasteiger charge is -2.12. The first-order valence-corrected chi connectivity index (χ1v) is 6.59. The number of hydrogen-bond donors (Lipinski definition) is 1. The van der Waals surface area contributed by atoms with Crippen LogP contribution in [0.15, 0.2) is 35.1 Å². The first-order chi connectivity index (χ1) is 8.77. The summed E-state index contributed by atoms with van der Waals surface area (Å²) >= 11 is 0. The number of fused-ring (bicyclic) bond motifs is 1. The van der Waals surface area contributed by atoms with Gasteiger partial charge in [0.15, 0.2) is 0 Å². The van der Waals surface area contributed by atoms with E-state index in [2.05, 4.69) is 6.92 Å². The van der Waals surface area contributed by atoms with Crippen LogP contribution in [0.1, 0.15) is 31.7 Å². The minimum atomic E-state index is 0.0623. The fraction of sp³-hybridized carbons (Fsp3) is 0.400. The molecule has 3 heteroatoms. The number of hydrogen-bond acceptors (Lipinski definition) is 2. The van der Waals surface area contributed by atoms with Gasteiger partial charge in [-0.1, -0.05) is 38.0 Å². The SMILES string of the molecule is CCCCCn1c(=O)c(CN)cc2ccccc21. The Morgan fingerprint density at radius 1 is 1.22 bits per heavy atom. The van der Waals surface area contributed by atoms with Gasteiger partial charge in [0.25, 0.3) is 5.56 Å². The van der Waals surface area contributed by atoms with Gasteiger partial charge in [-0.15, -0.1) is 0 Å². The number of aryl methyl sites for hydroxylation is 1. The number of benzene rings is 1. The average Bonchev–Trinajstić information content (AvgIpc) is 2.41. The molecule has 2 rings (SSSR count). The van der Waals surface area contributed by atoms with Crippen LogP contribution in [0.25, 0.3) is 10.9 Å². The molecule has 0 aliphatic carbocycles. The van der Waals surface area contributed by atoms with E-state index in [-0.39, 0.29) is 5.56 Å². The third-order valence-corrected chi connectivity index (χ3v) is 3.28. The van der Waals surface area contributed by atoms with Gasteiger partial charge in [-0.2, -0.15) is 0 Å². The Hall–Kier alpha value is -1.61. The second-order valence-electron chi connectivity index (χ2n) is 4.60. The van der Waals surface area contributed by atoms with E-state index in [0.29, 0.717) is 12.1 Å². The maximum atomic E-state index is 12.3.